The van der Waals surface area contributed by atoms with Crippen LogP contribution in [0.5, 0.6) is 0 Å². The van der Waals surface area contributed by atoms with Gasteiger partial charge in [0.1, 0.15) is 4.21 Å². The molecular weight excluding hydrogens is 199 g/mol. The van der Waals surface area contributed by atoms with Gasteiger partial charge in [0, 0.05) is 4.70 Å². The molecule has 0 fully saturated rings. The van der Waals surface area contributed by atoms with Gasteiger partial charge in [-0.25, -0.2) is 4.21 Å². The molecule has 0 spiro atoms. The predicted octanol–water partition coefficient (Wildman–Crippen LogP) is 1.83. The van der Waals surface area contributed by atoms with Crippen molar-refractivity contribution in [2.75, 3.05) is 0 Å². The second kappa shape index (κ2) is 4.40. The number of fused-ring (bicyclic) bond motifs is 1. The van der Waals surface area contributed by atoms with Gasteiger partial charge >= 0.3 is 18.9 Å². The maximum atomic E-state index is 10.7. The number of hydrogen-bond donors (Lipinski definition) is 1. The third-order valence-electron chi connectivity index (χ3n) is 1.58. The van der Waals surface area contributed by atoms with E-state index < -0.39 is 11.1 Å². The first-order valence-corrected chi connectivity index (χ1v) is 5.29. The summed E-state index contributed by atoms with van der Waals surface area (Å²) in [5.41, 5.74) is 0. The Kier molecular flexibility index (Phi) is 3.71. The van der Waals surface area contributed by atoms with Crippen molar-refractivity contribution in [3.63, 3.8) is 0 Å². The van der Waals surface area contributed by atoms with Crippen LogP contribution in [0.15, 0.2) is 34.5 Å². The Hall–Kier alpha value is -0.113. The SMILES string of the molecule is O=S(O)c1cc2ccccc2s1.[LiH]. The Morgan fingerprint density at radius 1 is 1.31 bits per heavy atom. The summed E-state index contributed by atoms with van der Waals surface area (Å²) in [5.74, 6) is 0. The first-order valence-electron chi connectivity index (χ1n) is 3.37. The van der Waals surface area contributed by atoms with Gasteiger partial charge in [0.2, 0.25) is 0 Å². The molecule has 0 radical (unpaired) electrons. The average molecular weight is 206 g/mol. The standard InChI is InChI=1S/C8H6O2S2.Li.H/c9-12(10)8-5-6-3-1-2-4-7(6)11-8;;/h1-5H,(H,9,10);;. The summed E-state index contributed by atoms with van der Waals surface area (Å²) in [6.07, 6.45) is 0. The Labute approximate surface area is 94.4 Å². The van der Waals surface area contributed by atoms with Crippen LogP contribution in [-0.4, -0.2) is 27.6 Å². The number of benzene rings is 1. The van der Waals surface area contributed by atoms with Crippen molar-refractivity contribution < 1.29 is 8.76 Å². The van der Waals surface area contributed by atoms with Crippen LogP contribution in [0, 0.1) is 0 Å². The molecule has 1 atom stereocenters. The van der Waals surface area contributed by atoms with E-state index in [2.05, 4.69) is 0 Å². The number of hydrogen-bond acceptors (Lipinski definition) is 2. The van der Waals surface area contributed by atoms with E-state index in [0.29, 0.717) is 4.21 Å². The molecule has 64 valence electrons. The molecule has 2 aromatic rings. The van der Waals surface area contributed by atoms with E-state index in [0.717, 1.165) is 10.1 Å². The molecule has 0 aliphatic heterocycles. The van der Waals surface area contributed by atoms with Crippen molar-refractivity contribution in [1.82, 2.24) is 0 Å². The van der Waals surface area contributed by atoms with Crippen molar-refractivity contribution in [3.05, 3.63) is 30.3 Å². The quantitative estimate of drug-likeness (QED) is 0.571. The molecule has 0 amide bonds. The second-order valence-corrected chi connectivity index (χ2v) is 4.63. The fraction of sp³-hybridized carbons (Fsp3) is 0. The van der Waals surface area contributed by atoms with E-state index >= 15 is 0 Å². The second-order valence-electron chi connectivity index (χ2n) is 2.35. The summed E-state index contributed by atoms with van der Waals surface area (Å²) in [5, 5.41) is 1.03. The Morgan fingerprint density at radius 2 is 2.00 bits per heavy atom. The van der Waals surface area contributed by atoms with E-state index in [1.54, 1.807) is 6.07 Å². The van der Waals surface area contributed by atoms with E-state index in [1.807, 2.05) is 24.3 Å². The van der Waals surface area contributed by atoms with Gasteiger partial charge in [-0.3, -0.25) is 0 Å². The van der Waals surface area contributed by atoms with Crippen LogP contribution < -0.4 is 0 Å². The molecule has 5 heteroatoms. The topological polar surface area (TPSA) is 37.3 Å². The first kappa shape index (κ1) is 11.0. The van der Waals surface area contributed by atoms with Crippen LogP contribution in [-0.2, 0) is 11.1 Å². The number of rotatable bonds is 1. The zero-order valence-corrected chi connectivity index (χ0v) is 7.69. The molecular formula is C8H7LiO2S2. The van der Waals surface area contributed by atoms with Crippen LogP contribution >= 0.6 is 11.3 Å². The van der Waals surface area contributed by atoms with E-state index in [1.165, 1.54) is 11.3 Å². The average Bonchev–Trinajstić information content (AvgIpc) is 2.46. The van der Waals surface area contributed by atoms with Crippen molar-refractivity contribution in [2.24, 2.45) is 0 Å². The van der Waals surface area contributed by atoms with Gasteiger partial charge in [0.15, 0.2) is 11.1 Å². The van der Waals surface area contributed by atoms with Gasteiger partial charge in [-0.1, -0.05) is 18.2 Å². The summed E-state index contributed by atoms with van der Waals surface area (Å²) in [6.45, 7) is 0. The summed E-state index contributed by atoms with van der Waals surface area (Å²) in [6, 6.07) is 9.46. The minimum absolute atomic E-state index is 0. The molecule has 1 heterocycles. The first-order chi connectivity index (χ1) is 5.77. The van der Waals surface area contributed by atoms with E-state index in [9.17, 15) is 4.21 Å². The van der Waals surface area contributed by atoms with Crippen LogP contribution in [0.2, 0.25) is 0 Å². The van der Waals surface area contributed by atoms with Crippen LogP contribution in [0.25, 0.3) is 10.1 Å². The van der Waals surface area contributed by atoms with Crippen molar-refractivity contribution in [3.8, 4) is 0 Å². The monoisotopic (exact) mass is 206 g/mol. The van der Waals surface area contributed by atoms with E-state index in [-0.39, 0.29) is 18.9 Å². The molecule has 1 aromatic heterocycles. The minimum atomic E-state index is -1.84. The predicted molar refractivity (Wildman–Crippen MR) is 58.0 cm³/mol. The van der Waals surface area contributed by atoms with Crippen molar-refractivity contribution in [1.29, 1.82) is 0 Å². The summed E-state index contributed by atoms with van der Waals surface area (Å²) < 4.78 is 21.1. The molecule has 0 aliphatic rings. The van der Waals surface area contributed by atoms with Crippen LogP contribution in [0.3, 0.4) is 0 Å². The van der Waals surface area contributed by atoms with Gasteiger partial charge in [0.25, 0.3) is 0 Å². The van der Waals surface area contributed by atoms with Crippen molar-refractivity contribution >= 4 is 51.4 Å². The normalized spacial score (nSPS) is 12.4. The summed E-state index contributed by atoms with van der Waals surface area (Å²) in [4.78, 5) is 0. The fourth-order valence-electron chi connectivity index (χ4n) is 1.04. The van der Waals surface area contributed by atoms with Crippen LogP contribution in [0.4, 0.5) is 0 Å². The maximum absolute atomic E-state index is 10.7. The molecule has 13 heavy (non-hydrogen) atoms. The molecule has 1 unspecified atom stereocenters. The molecule has 0 bridgehead atoms. The summed E-state index contributed by atoms with van der Waals surface area (Å²) in [7, 11) is 0. The Bertz CT molecular complexity index is 405. The van der Waals surface area contributed by atoms with Gasteiger partial charge in [0.05, 0.1) is 0 Å². The third-order valence-corrected chi connectivity index (χ3v) is 3.63. The molecule has 1 aromatic carbocycles. The fourth-order valence-corrected chi connectivity index (χ4v) is 2.62. The Morgan fingerprint density at radius 3 is 2.62 bits per heavy atom. The van der Waals surface area contributed by atoms with Gasteiger partial charge in [-0.05, 0) is 17.5 Å². The molecule has 0 aliphatic carbocycles. The molecule has 2 nitrogen and oxygen atoms in total. The summed E-state index contributed by atoms with van der Waals surface area (Å²) >= 11 is -0.488. The third kappa shape index (κ3) is 2.22. The number of thiophene rings is 1. The van der Waals surface area contributed by atoms with Gasteiger partial charge in [-0.15, -0.1) is 11.3 Å². The zero-order chi connectivity index (χ0) is 8.55. The molecule has 1 N–H and O–H groups in total. The van der Waals surface area contributed by atoms with Gasteiger partial charge < -0.3 is 4.55 Å². The Balaban J connectivity index is 0.000000845. The van der Waals surface area contributed by atoms with E-state index in [4.69, 9.17) is 4.55 Å². The molecule has 2 rings (SSSR count). The van der Waals surface area contributed by atoms with Gasteiger partial charge in [-0.2, -0.15) is 0 Å². The molecule has 0 saturated carbocycles. The molecule has 0 saturated heterocycles. The van der Waals surface area contributed by atoms with Crippen molar-refractivity contribution in [2.45, 2.75) is 4.21 Å². The van der Waals surface area contributed by atoms with Crippen LogP contribution in [0.1, 0.15) is 0 Å². The zero-order valence-electron chi connectivity index (χ0n) is 6.06.